The van der Waals surface area contributed by atoms with Crippen LogP contribution in [0.2, 0.25) is 0 Å². The van der Waals surface area contributed by atoms with E-state index in [2.05, 4.69) is 29.3 Å². The Morgan fingerprint density at radius 1 is 1.31 bits per heavy atom. The van der Waals surface area contributed by atoms with Gasteiger partial charge in [0, 0.05) is 31.9 Å². The zero-order chi connectivity index (χ0) is 21.0. The number of carbonyl (C=O) groups is 1. The van der Waals surface area contributed by atoms with Crippen LogP contribution in [-0.4, -0.2) is 50.6 Å². The molecule has 0 aliphatic carbocycles. The van der Waals surface area contributed by atoms with Crippen LogP contribution < -0.4 is 10.2 Å². The molecule has 1 aliphatic rings. The summed E-state index contributed by atoms with van der Waals surface area (Å²) in [5.41, 5.74) is 3.02. The minimum atomic E-state index is -3.19. The van der Waals surface area contributed by atoms with Gasteiger partial charge in [-0.1, -0.05) is 18.2 Å². The van der Waals surface area contributed by atoms with E-state index in [1.54, 1.807) is 26.3 Å². The van der Waals surface area contributed by atoms with Crippen molar-refractivity contribution in [1.29, 1.82) is 0 Å². The molecule has 29 heavy (non-hydrogen) atoms. The summed E-state index contributed by atoms with van der Waals surface area (Å²) in [4.78, 5) is 14.9. The molecule has 1 aromatic heterocycles. The van der Waals surface area contributed by atoms with Crippen LogP contribution in [0.25, 0.3) is 0 Å². The van der Waals surface area contributed by atoms with Crippen LogP contribution in [-0.2, 0) is 23.0 Å². The Morgan fingerprint density at radius 3 is 2.83 bits per heavy atom. The molecule has 3 rings (SSSR count). The van der Waals surface area contributed by atoms with Gasteiger partial charge >= 0.3 is 0 Å². The van der Waals surface area contributed by atoms with Gasteiger partial charge in [-0.2, -0.15) is 0 Å². The van der Waals surface area contributed by atoms with Crippen LogP contribution in [0.15, 0.2) is 41.0 Å². The minimum absolute atomic E-state index is 0.0757. The normalized spacial score (nSPS) is 16.3. The van der Waals surface area contributed by atoms with Crippen LogP contribution in [0, 0.1) is 0 Å². The highest BCUT2D eigenvalue weighted by molar-refractivity contribution is 7.89. The topological polar surface area (TPSA) is 82.9 Å². The van der Waals surface area contributed by atoms with Crippen molar-refractivity contribution in [2.45, 2.75) is 39.3 Å². The number of amides is 1. The summed E-state index contributed by atoms with van der Waals surface area (Å²) in [6, 6.07) is 10.3. The van der Waals surface area contributed by atoms with Crippen molar-refractivity contribution in [2.24, 2.45) is 0 Å². The molecule has 158 valence electrons. The van der Waals surface area contributed by atoms with Crippen molar-refractivity contribution in [3.8, 4) is 0 Å². The lowest BCUT2D eigenvalue weighted by Gasteiger charge is -2.24. The third-order valence-corrected chi connectivity index (χ3v) is 7.29. The highest BCUT2D eigenvalue weighted by Gasteiger charge is 2.28. The fraction of sp³-hybridized carbons (Fsp3) is 0.476. The van der Waals surface area contributed by atoms with Crippen LogP contribution >= 0.6 is 0 Å². The zero-order valence-electron chi connectivity index (χ0n) is 17.2. The number of fused-ring (bicyclic) bond motifs is 1. The lowest BCUT2D eigenvalue weighted by atomic mass is 10.1. The number of carbonyl (C=O) groups excluding carboxylic acids is 1. The van der Waals surface area contributed by atoms with Crippen molar-refractivity contribution in [3.05, 3.63) is 53.5 Å². The molecule has 0 saturated heterocycles. The Hall–Kier alpha value is -2.32. The Labute approximate surface area is 172 Å². The summed E-state index contributed by atoms with van der Waals surface area (Å²) in [6.45, 7) is 5.09. The van der Waals surface area contributed by atoms with Gasteiger partial charge in [-0.25, -0.2) is 12.7 Å². The van der Waals surface area contributed by atoms with E-state index in [1.807, 2.05) is 12.1 Å². The first-order chi connectivity index (χ1) is 13.8. The van der Waals surface area contributed by atoms with Crippen LogP contribution in [0.1, 0.15) is 41.9 Å². The van der Waals surface area contributed by atoms with Gasteiger partial charge in [0.25, 0.3) is 5.91 Å². The second kappa shape index (κ2) is 9.00. The summed E-state index contributed by atoms with van der Waals surface area (Å²) in [5, 5.41) is 2.87. The third-order valence-electron chi connectivity index (χ3n) is 5.43. The second-order valence-corrected chi connectivity index (χ2v) is 9.76. The fourth-order valence-electron chi connectivity index (χ4n) is 3.65. The highest BCUT2D eigenvalue weighted by atomic mass is 32.2. The number of nitrogens with zero attached hydrogens (tertiary/aromatic N) is 2. The average molecular weight is 420 g/mol. The predicted molar refractivity (Wildman–Crippen MR) is 114 cm³/mol. The van der Waals surface area contributed by atoms with E-state index in [0.717, 1.165) is 6.42 Å². The van der Waals surface area contributed by atoms with E-state index in [-0.39, 0.29) is 11.7 Å². The zero-order valence-corrected chi connectivity index (χ0v) is 18.0. The molecule has 0 saturated carbocycles. The summed E-state index contributed by atoms with van der Waals surface area (Å²) < 4.78 is 30.5. The standard InChI is InChI=1S/C21H29N3O4S/c1-4-29(26,27)23(3)12-7-11-22-21(25)18-10-13-28-20(18)15-24-16(2)14-17-8-5-6-9-19(17)24/h5-6,8-10,13,16H,4,7,11-12,14-15H2,1-3H3,(H,22,25). The average Bonchev–Trinajstić information content (AvgIpc) is 3.29. The minimum Gasteiger partial charge on any atom is -0.467 e. The molecule has 1 N–H and O–H groups in total. The largest absolute Gasteiger partial charge is 0.467 e. The maximum Gasteiger partial charge on any atom is 0.254 e. The Kier molecular flexibility index (Phi) is 6.64. The first-order valence-corrected chi connectivity index (χ1v) is 11.6. The summed E-state index contributed by atoms with van der Waals surface area (Å²) in [7, 11) is -1.63. The van der Waals surface area contributed by atoms with Crippen LogP contribution in [0.3, 0.4) is 0 Å². The lowest BCUT2D eigenvalue weighted by Crippen LogP contribution is -2.33. The number of hydrogen-bond acceptors (Lipinski definition) is 5. The molecular weight excluding hydrogens is 390 g/mol. The van der Waals surface area contributed by atoms with E-state index in [1.165, 1.54) is 15.6 Å². The molecule has 1 aliphatic heterocycles. The number of furan rings is 1. The smallest absolute Gasteiger partial charge is 0.254 e. The van der Waals surface area contributed by atoms with Gasteiger partial charge in [0.2, 0.25) is 10.0 Å². The predicted octanol–water partition coefficient (Wildman–Crippen LogP) is 2.63. The molecule has 1 aromatic carbocycles. The SMILES string of the molecule is CCS(=O)(=O)N(C)CCCNC(=O)c1ccoc1CN1c2ccccc2CC1C. The van der Waals surface area contributed by atoms with Crippen molar-refractivity contribution in [3.63, 3.8) is 0 Å². The van der Waals surface area contributed by atoms with Crippen molar-refractivity contribution < 1.29 is 17.6 Å². The van der Waals surface area contributed by atoms with E-state index >= 15 is 0 Å². The Morgan fingerprint density at radius 2 is 2.07 bits per heavy atom. The third kappa shape index (κ3) is 4.82. The molecule has 7 nitrogen and oxygen atoms in total. The molecule has 0 spiro atoms. The molecule has 2 heterocycles. The molecule has 1 amide bonds. The van der Waals surface area contributed by atoms with E-state index in [0.29, 0.717) is 43.4 Å². The Bertz CT molecular complexity index is 954. The molecule has 0 fully saturated rings. The molecule has 1 unspecified atom stereocenters. The molecular formula is C21H29N3O4S. The fourth-order valence-corrected chi connectivity index (χ4v) is 4.50. The van der Waals surface area contributed by atoms with Crippen molar-refractivity contribution in [2.75, 3.05) is 30.8 Å². The molecule has 0 radical (unpaired) electrons. The second-order valence-electron chi connectivity index (χ2n) is 7.40. The molecule has 0 bridgehead atoms. The monoisotopic (exact) mass is 419 g/mol. The first-order valence-electron chi connectivity index (χ1n) is 9.96. The van der Waals surface area contributed by atoms with Crippen LogP contribution in [0.5, 0.6) is 0 Å². The van der Waals surface area contributed by atoms with Gasteiger partial charge in [0.1, 0.15) is 5.76 Å². The van der Waals surface area contributed by atoms with Gasteiger partial charge in [-0.05, 0) is 44.4 Å². The maximum absolute atomic E-state index is 12.6. The van der Waals surface area contributed by atoms with E-state index in [4.69, 9.17) is 4.42 Å². The number of benzene rings is 1. The number of sulfonamides is 1. The number of para-hydroxylation sites is 1. The van der Waals surface area contributed by atoms with Crippen molar-refractivity contribution >= 4 is 21.6 Å². The van der Waals surface area contributed by atoms with Gasteiger partial charge in [0.05, 0.1) is 24.1 Å². The summed E-state index contributed by atoms with van der Waals surface area (Å²) in [6.07, 6.45) is 3.07. The quantitative estimate of drug-likeness (QED) is 0.632. The molecule has 2 aromatic rings. The molecule has 8 heteroatoms. The number of rotatable bonds is 9. The van der Waals surface area contributed by atoms with Gasteiger partial charge in [0.15, 0.2) is 0 Å². The molecule has 1 atom stereocenters. The van der Waals surface area contributed by atoms with Gasteiger partial charge < -0.3 is 14.6 Å². The van der Waals surface area contributed by atoms with E-state index < -0.39 is 10.0 Å². The number of hydrogen-bond donors (Lipinski definition) is 1. The van der Waals surface area contributed by atoms with Gasteiger partial charge in [-0.3, -0.25) is 4.79 Å². The number of nitrogens with one attached hydrogen (secondary N) is 1. The lowest BCUT2D eigenvalue weighted by molar-refractivity contribution is 0.0951. The van der Waals surface area contributed by atoms with Crippen molar-refractivity contribution in [1.82, 2.24) is 9.62 Å². The Balaban J connectivity index is 1.57. The maximum atomic E-state index is 12.6. The number of anilines is 1. The van der Waals surface area contributed by atoms with Crippen LogP contribution in [0.4, 0.5) is 5.69 Å². The first kappa shape index (κ1) is 21.4. The van der Waals surface area contributed by atoms with E-state index in [9.17, 15) is 13.2 Å². The summed E-state index contributed by atoms with van der Waals surface area (Å²) >= 11 is 0. The highest BCUT2D eigenvalue weighted by Crippen LogP contribution is 2.33. The summed E-state index contributed by atoms with van der Waals surface area (Å²) in [5.74, 6) is 0.512. The van der Waals surface area contributed by atoms with Gasteiger partial charge in [-0.15, -0.1) is 0 Å².